The number of aliphatic carboxylic acids is 1. The van der Waals surface area contributed by atoms with Crippen LogP contribution >= 0.6 is 11.8 Å². The SMILES string of the molecule is Cc1ccc(CCSC(Cc2ccc(CCOc3ccc(OS(C)(=O)=O)cc3)cc2)C(=O)O)cc1. The maximum Gasteiger partial charge on any atom is 0.316 e. The Labute approximate surface area is 211 Å². The van der Waals surface area contributed by atoms with Crippen LogP contribution in [0.15, 0.2) is 72.8 Å². The van der Waals surface area contributed by atoms with Crippen LogP contribution in [0.5, 0.6) is 11.5 Å². The number of ether oxygens (including phenoxy) is 1. The highest BCUT2D eigenvalue weighted by Crippen LogP contribution is 2.21. The minimum absolute atomic E-state index is 0.239. The van der Waals surface area contributed by atoms with E-state index in [2.05, 4.69) is 31.2 Å². The standard InChI is InChI=1S/C27H30O6S2/c1-20-3-5-22(6-4-20)16-18-34-26(27(28)29)19-23-9-7-21(8-10-23)15-17-32-24-11-13-25(14-12-24)33-35(2,30)31/h3-14,26H,15-19H2,1-2H3,(H,28,29). The van der Waals surface area contributed by atoms with Crippen LogP contribution in [0.1, 0.15) is 22.3 Å². The van der Waals surface area contributed by atoms with Crippen molar-refractivity contribution in [3.63, 3.8) is 0 Å². The van der Waals surface area contributed by atoms with E-state index >= 15 is 0 Å². The Bertz CT molecular complexity index is 1190. The van der Waals surface area contributed by atoms with Gasteiger partial charge in [-0.3, -0.25) is 4.79 Å². The third kappa shape index (κ3) is 9.66. The fraction of sp³-hybridized carbons (Fsp3) is 0.296. The van der Waals surface area contributed by atoms with Crippen molar-refractivity contribution >= 4 is 27.8 Å². The van der Waals surface area contributed by atoms with Gasteiger partial charge < -0.3 is 14.0 Å². The summed E-state index contributed by atoms with van der Waals surface area (Å²) in [7, 11) is -3.55. The predicted octanol–water partition coefficient (Wildman–Crippen LogP) is 4.93. The van der Waals surface area contributed by atoms with E-state index in [1.165, 1.54) is 22.9 Å². The zero-order chi connectivity index (χ0) is 25.3. The molecule has 0 saturated heterocycles. The number of hydrogen-bond donors (Lipinski definition) is 1. The van der Waals surface area contributed by atoms with Gasteiger partial charge in [-0.2, -0.15) is 8.42 Å². The van der Waals surface area contributed by atoms with E-state index in [4.69, 9.17) is 8.92 Å². The normalized spacial score (nSPS) is 12.2. The summed E-state index contributed by atoms with van der Waals surface area (Å²) < 4.78 is 32.8. The molecule has 0 aliphatic carbocycles. The van der Waals surface area contributed by atoms with E-state index in [1.54, 1.807) is 24.3 Å². The van der Waals surface area contributed by atoms with Crippen LogP contribution in [0.25, 0.3) is 0 Å². The lowest BCUT2D eigenvalue weighted by atomic mass is 10.1. The minimum Gasteiger partial charge on any atom is -0.493 e. The Kier molecular flexibility index (Phi) is 9.63. The van der Waals surface area contributed by atoms with Crippen molar-refractivity contribution in [2.24, 2.45) is 0 Å². The zero-order valence-electron chi connectivity index (χ0n) is 19.8. The molecule has 3 rings (SSSR count). The predicted molar refractivity (Wildman–Crippen MR) is 140 cm³/mol. The number of carboxylic acid groups (broad SMARTS) is 1. The minimum atomic E-state index is -3.55. The molecule has 1 N–H and O–H groups in total. The van der Waals surface area contributed by atoms with E-state index in [9.17, 15) is 18.3 Å². The average molecular weight is 515 g/mol. The molecule has 186 valence electrons. The third-order valence-corrected chi connectivity index (χ3v) is 6.99. The first kappa shape index (κ1) is 26.6. The van der Waals surface area contributed by atoms with Gasteiger partial charge in [-0.1, -0.05) is 54.1 Å². The van der Waals surface area contributed by atoms with Gasteiger partial charge in [-0.15, -0.1) is 11.8 Å². The number of rotatable bonds is 13. The maximum absolute atomic E-state index is 11.7. The molecule has 0 aliphatic heterocycles. The molecule has 1 atom stereocenters. The Balaban J connectivity index is 1.43. The van der Waals surface area contributed by atoms with Crippen LogP contribution in [-0.2, 0) is 34.2 Å². The summed E-state index contributed by atoms with van der Waals surface area (Å²) in [5, 5.41) is 9.16. The highest BCUT2D eigenvalue weighted by atomic mass is 32.2. The van der Waals surface area contributed by atoms with Gasteiger partial charge in [0, 0.05) is 6.42 Å². The van der Waals surface area contributed by atoms with Crippen LogP contribution in [0, 0.1) is 6.92 Å². The molecule has 0 aromatic heterocycles. The molecule has 6 nitrogen and oxygen atoms in total. The summed E-state index contributed by atoms with van der Waals surface area (Å²) in [5.41, 5.74) is 4.52. The van der Waals surface area contributed by atoms with Gasteiger partial charge in [0.2, 0.25) is 0 Å². The molecule has 0 heterocycles. The monoisotopic (exact) mass is 514 g/mol. The van der Waals surface area contributed by atoms with Crippen LogP contribution in [-0.4, -0.2) is 43.4 Å². The summed E-state index contributed by atoms with van der Waals surface area (Å²) >= 11 is 1.48. The lowest BCUT2D eigenvalue weighted by Crippen LogP contribution is -2.20. The van der Waals surface area contributed by atoms with E-state index in [1.807, 2.05) is 24.3 Å². The Morgan fingerprint density at radius 2 is 1.40 bits per heavy atom. The zero-order valence-corrected chi connectivity index (χ0v) is 21.5. The van der Waals surface area contributed by atoms with Crippen molar-refractivity contribution in [3.05, 3.63) is 95.1 Å². The molecule has 0 saturated carbocycles. The van der Waals surface area contributed by atoms with Crippen molar-refractivity contribution in [1.82, 2.24) is 0 Å². The molecule has 3 aromatic rings. The van der Waals surface area contributed by atoms with Gasteiger partial charge in [0.15, 0.2) is 0 Å². The quantitative estimate of drug-likeness (QED) is 0.324. The summed E-state index contributed by atoms with van der Waals surface area (Å²) in [5.74, 6) is 0.832. The Morgan fingerprint density at radius 1 is 0.857 bits per heavy atom. The molecule has 0 amide bonds. The first-order valence-corrected chi connectivity index (χ1v) is 14.1. The van der Waals surface area contributed by atoms with Crippen LogP contribution in [0.2, 0.25) is 0 Å². The fourth-order valence-electron chi connectivity index (χ4n) is 3.40. The maximum atomic E-state index is 11.7. The van der Waals surface area contributed by atoms with Crippen molar-refractivity contribution in [2.45, 2.75) is 31.4 Å². The van der Waals surface area contributed by atoms with Crippen molar-refractivity contribution in [3.8, 4) is 11.5 Å². The van der Waals surface area contributed by atoms with Gasteiger partial charge in [-0.25, -0.2) is 0 Å². The second-order valence-corrected chi connectivity index (χ2v) is 11.2. The van der Waals surface area contributed by atoms with E-state index < -0.39 is 21.3 Å². The summed E-state index contributed by atoms with van der Waals surface area (Å²) in [4.78, 5) is 11.7. The molecule has 0 radical (unpaired) electrons. The second kappa shape index (κ2) is 12.7. The van der Waals surface area contributed by atoms with Crippen molar-refractivity contribution in [2.75, 3.05) is 18.6 Å². The molecule has 0 fully saturated rings. The summed E-state index contributed by atoms with van der Waals surface area (Å²) in [6, 6.07) is 22.7. The number of aryl methyl sites for hydroxylation is 2. The second-order valence-electron chi connectivity index (χ2n) is 8.31. The number of benzene rings is 3. The van der Waals surface area contributed by atoms with Gasteiger partial charge in [0.1, 0.15) is 16.7 Å². The topological polar surface area (TPSA) is 89.9 Å². The molecule has 0 spiro atoms. The molecule has 0 bridgehead atoms. The lowest BCUT2D eigenvalue weighted by Gasteiger charge is -2.13. The molecule has 0 aliphatic rings. The third-order valence-electron chi connectivity index (χ3n) is 5.28. The van der Waals surface area contributed by atoms with Gasteiger partial charge in [0.25, 0.3) is 0 Å². The number of carbonyl (C=O) groups is 1. The van der Waals surface area contributed by atoms with Crippen molar-refractivity contribution in [1.29, 1.82) is 0 Å². The van der Waals surface area contributed by atoms with Crippen LogP contribution in [0.3, 0.4) is 0 Å². The van der Waals surface area contributed by atoms with Crippen molar-refractivity contribution < 1.29 is 27.2 Å². The largest absolute Gasteiger partial charge is 0.493 e. The van der Waals surface area contributed by atoms with E-state index in [0.29, 0.717) is 25.2 Å². The van der Waals surface area contributed by atoms with Crippen LogP contribution in [0.4, 0.5) is 0 Å². The molecule has 35 heavy (non-hydrogen) atoms. The number of carboxylic acids is 1. The fourth-order valence-corrected chi connectivity index (χ4v) is 4.95. The Hall–Kier alpha value is -2.97. The molecular formula is C27H30O6S2. The lowest BCUT2D eigenvalue weighted by molar-refractivity contribution is -0.136. The van der Waals surface area contributed by atoms with Gasteiger partial charge in [0.05, 0.1) is 12.9 Å². The molecule has 3 aromatic carbocycles. The van der Waals surface area contributed by atoms with Gasteiger partial charge in [-0.05, 0) is 66.5 Å². The highest BCUT2D eigenvalue weighted by molar-refractivity contribution is 8.00. The molecule has 1 unspecified atom stereocenters. The first-order chi connectivity index (χ1) is 16.7. The van der Waals surface area contributed by atoms with E-state index in [-0.39, 0.29) is 5.75 Å². The summed E-state index contributed by atoms with van der Waals surface area (Å²) in [6.45, 7) is 2.51. The van der Waals surface area contributed by atoms with Gasteiger partial charge >= 0.3 is 16.1 Å². The highest BCUT2D eigenvalue weighted by Gasteiger charge is 2.18. The first-order valence-electron chi connectivity index (χ1n) is 11.3. The Morgan fingerprint density at radius 3 is 2.00 bits per heavy atom. The average Bonchev–Trinajstić information content (AvgIpc) is 2.81. The molecular weight excluding hydrogens is 484 g/mol. The van der Waals surface area contributed by atoms with E-state index in [0.717, 1.165) is 29.6 Å². The smallest absolute Gasteiger partial charge is 0.316 e. The molecule has 8 heteroatoms. The van der Waals surface area contributed by atoms with Crippen LogP contribution < -0.4 is 8.92 Å². The number of hydrogen-bond acceptors (Lipinski definition) is 6. The number of thioether (sulfide) groups is 1. The summed E-state index contributed by atoms with van der Waals surface area (Å²) in [6.07, 6.45) is 3.01.